The Labute approximate surface area is 108 Å². The fraction of sp³-hybridized carbons (Fsp3) is 0.500. The normalized spacial score (nSPS) is 11.1. The van der Waals surface area contributed by atoms with Crippen LogP contribution in [0.1, 0.15) is 25.8 Å². The maximum atomic E-state index is 13.0. The molecule has 0 amide bonds. The Balaban J connectivity index is 2.66. The molecule has 98 valence electrons. The van der Waals surface area contributed by atoms with E-state index in [0.29, 0.717) is 24.4 Å². The molecule has 1 N–H and O–H groups in total. The Hall–Kier alpha value is -1.60. The average molecular weight is 250 g/mol. The van der Waals surface area contributed by atoms with Gasteiger partial charge < -0.3 is 10.1 Å². The third-order valence-electron chi connectivity index (χ3n) is 2.84. The molecule has 1 aromatic rings. The van der Waals surface area contributed by atoms with E-state index >= 15 is 0 Å². The van der Waals surface area contributed by atoms with Crippen molar-refractivity contribution in [1.29, 1.82) is 5.26 Å². The molecule has 0 radical (unpaired) electrons. The third-order valence-corrected chi connectivity index (χ3v) is 2.84. The van der Waals surface area contributed by atoms with E-state index in [9.17, 15) is 4.39 Å². The highest BCUT2D eigenvalue weighted by molar-refractivity contribution is 5.57. The fourth-order valence-corrected chi connectivity index (χ4v) is 1.56. The number of nitrogens with zero attached hydrogens (tertiary/aromatic N) is 1. The molecule has 0 saturated heterocycles. The van der Waals surface area contributed by atoms with Crippen molar-refractivity contribution in [1.82, 2.24) is 0 Å². The minimum absolute atomic E-state index is 0.0527. The van der Waals surface area contributed by atoms with Crippen molar-refractivity contribution in [3.8, 4) is 6.07 Å². The molecule has 0 spiro atoms. The van der Waals surface area contributed by atoms with Gasteiger partial charge >= 0.3 is 0 Å². The summed E-state index contributed by atoms with van der Waals surface area (Å²) in [4.78, 5) is 0. The highest BCUT2D eigenvalue weighted by atomic mass is 19.1. The molecular weight excluding hydrogens is 231 g/mol. The van der Waals surface area contributed by atoms with E-state index < -0.39 is 5.82 Å². The lowest BCUT2D eigenvalue weighted by atomic mass is 9.89. The molecule has 0 fully saturated rings. The highest BCUT2D eigenvalue weighted by Crippen LogP contribution is 2.23. The topological polar surface area (TPSA) is 45.0 Å². The van der Waals surface area contributed by atoms with E-state index in [2.05, 4.69) is 19.2 Å². The molecule has 0 atom stereocenters. The average Bonchev–Trinajstić information content (AvgIpc) is 2.35. The van der Waals surface area contributed by atoms with Gasteiger partial charge in [-0.25, -0.2) is 4.39 Å². The van der Waals surface area contributed by atoms with Crippen molar-refractivity contribution >= 4 is 5.69 Å². The Morgan fingerprint density at radius 1 is 1.44 bits per heavy atom. The molecule has 4 heteroatoms. The number of methoxy groups -OCH3 is 1. The van der Waals surface area contributed by atoms with Crippen LogP contribution >= 0.6 is 0 Å². The molecule has 18 heavy (non-hydrogen) atoms. The van der Waals surface area contributed by atoms with Gasteiger partial charge in [-0.3, -0.25) is 0 Å². The Morgan fingerprint density at radius 3 is 2.78 bits per heavy atom. The number of halogens is 1. The summed E-state index contributed by atoms with van der Waals surface area (Å²) in [7, 11) is 1.68. The van der Waals surface area contributed by atoms with Gasteiger partial charge in [-0.05, 0) is 30.0 Å². The zero-order valence-electron chi connectivity index (χ0n) is 11.1. The van der Waals surface area contributed by atoms with Crippen LogP contribution in [-0.4, -0.2) is 20.3 Å². The molecule has 0 saturated carbocycles. The number of ether oxygens (including phenoxy) is 1. The summed E-state index contributed by atoms with van der Waals surface area (Å²) in [5, 5.41) is 12.1. The van der Waals surface area contributed by atoms with Gasteiger partial charge in [0.05, 0.1) is 11.3 Å². The van der Waals surface area contributed by atoms with Crippen molar-refractivity contribution in [2.75, 3.05) is 25.6 Å². The number of nitriles is 1. The van der Waals surface area contributed by atoms with Gasteiger partial charge in [0.1, 0.15) is 11.9 Å². The van der Waals surface area contributed by atoms with E-state index in [1.54, 1.807) is 13.2 Å². The van der Waals surface area contributed by atoms with Crippen molar-refractivity contribution in [2.45, 2.75) is 20.3 Å². The van der Waals surface area contributed by atoms with Crippen molar-refractivity contribution in [3.05, 3.63) is 29.6 Å². The van der Waals surface area contributed by atoms with Crippen LogP contribution in [0, 0.1) is 22.6 Å². The summed E-state index contributed by atoms with van der Waals surface area (Å²) in [6.07, 6.45) is 0.916. The first kappa shape index (κ1) is 14.5. The second kappa shape index (κ2) is 6.36. The first-order valence-electron chi connectivity index (χ1n) is 5.91. The molecule has 0 aliphatic carbocycles. The largest absolute Gasteiger partial charge is 0.385 e. The highest BCUT2D eigenvalue weighted by Gasteiger charge is 2.17. The first-order chi connectivity index (χ1) is 8.48. The number of hydrogen-bond acceptors (Lipinski definition) is 3. The number of hydrogen-bond donors (Lipinski definition) is 1. The molecule has 3 nitrogen and oxygen atoms in total. The number of benzene rings is 1. The summed E-state index contributed by atoms with van der Waals surface area (Å²) < 4.78 is 18.0. The van der Waals surface area contributed by atoms with Crippen LogP contribution in [0.15, 0.2) is 18.2 Å². The molecule has 1 rings (SSSR count). The van der Waals surface area contributed by atoms with E-state index in [1.165, 1.54) is 12.1 Å². The standard InChI is InChI=1S/C14H19FN2O/c1-14(2,6-7-18-3)10-17-13-5-4-12(15)8-11(13)9-16/h4-5,8,17H,6-7,10H2,1-3H3. The first-order valence-corrected chi connectivity index (χ1v) is 5.91. The van der Waals surface area contributed by atoms with E-state index in [-0.39, 0.29) is 5.41 Å². The molecule has 0 aromatic heterocycles. The van der Waals surface area contributed by atoms with E-state index in [0.717, 1.165) is 6.42 Å². The summed E-state index contributed by atoms with van der Waals surface area (Å²) in [6.45, 7) is 5.64. The van der Waals surface area contributed by atoms with Gasteiger partial charge in [0.25, 0.3) is 0 Å². The van der Waals surface area contributed by atoms with E-state index in [4.69, 9.17) is 10.00 Å². The Morgan fingerprint density at radius 2 is 2.17 bits per heavy atom. The number of nitrogens with one attached hydrogen (secondary N) is 1. The van der Waals surface area contributed by atoms with Crippen LogP contribution in [0.5, 0.6) is 0 Å². The van der Waals surface area contributed by atoms with Crippen LogP contribution in [0.25, 0.3) is 0 Å². The summed E-state index contributed by atoms with van der Waals surface area (Å²) in [5.41, 5.74) is 1.05. The Kier molecular flexibility index (Phi) is 5.11. The van der Waals surface area contributed by atoms with Gasteiger partial charge in [-0.1, -0.05) is 13.8 Å². The van der Waals surface area contributed by atoms with Gasteiger partial charge in [-0.2, -0.15) is 5.26 Å². The van der Waals surface area contributed by atoms with Crippen molar-refractivity contribution < 1.29 is 9.13 Å². The van der Waals surface area contributed by atoms with Gasteiger partial charge in [0.2, 0.25) is 0 Å². The fourth-order valence-electron chi connectivity index (χ4n) is 1.56. The molecule has 1 aromatic carbocycles. The lowest BCUT2D eigenvalue weighted by molar-refractivity contribution is 0.157. The molecule has 0 aliphatic rings. The lowest BCUT2D eigenvalue weighted by Gasteiger charge is -2.25. The predicted octanol–water partition coefficient (Wildman–Crippen LogP) is 3.17. The van der Waals surface area contributed by atoms with Crippen LogP contribution in [0.3, 0.4) is 0 Å². The van der Waals surface area contributed by atoms with Crippen LogP contribution in [0.4, 0.5) is 10.1 Å². The van der Waals surface area contributed by atoms with Crippen molar-refractivity contribution in [2.24, 2.45) is 5.41 Å². The van der Waals surface area contributed by atoms with Crippen LogP contribution in [0.2, 0.25) is 0 Å². The second-order valence-electron chi connectivity index (χ2n) is 5.06. The summed E-state index contributed by atoms with van der Waals surface area (Å²) >= 11 is 0. The third kappa shape index (κ3) is 4.34. The SMILES string of the molecule is COCCC(C)(C)CNc1ccc(F)cc1C#N. The van der Waals surface area contributed by atoms with Gasteiger partial charge in [-0.15, -0.1) is 0 Å². The van der Waals surface area contributed by atoms with Crippen molar-refractivity contribution in [3.63, 3.8) is 0 Å². The van der Waals surface area contributed by atoms with Crippen LogP contribution in [-0.2, 0) is 4.74 Å². The van der Waals surface area contributed by atoms with Gasteiger partial charge in [0, 0.05) is 20.3 Å². The minimum Gasteiger partial charge on any atom is -0.385 e. The molecule has 0 unspecified atom stereocenters. The Bertz CT molecular complexity index is 438. The monoisotopic (exact) mass is 250 g/mol. The smallest absolute Gasteiger partial charge is 0.124 e. The summed E-state index contributed by atoms with van der Waals surface area (Å²) in [6, 6.07) is 6.18. The minimum atomic E-state index is -0.393. The predicted molar refractivity (Wildman–Crippen MR) is 69.9 cm³/mol. The number of rotatable bonds is 6. The molecule has 0 bridgehead atoms. The summed E-state index contributed by atoms with van der Waals surface area (Å²) in [5.74, 6) is -0.393. The maximum absolute atomic E-state index is 13.0. The number of anilines is 1. The molecule has 0 aliphatic heterocycles. The zero-order chi connectivity index (χ0) is 13.6. The zero-order valence-corrected chi connectivity index (χ0v) is 11.1. The second-order valence-corrected chi connectivity index (χ2v) is 5.06. The molecular formula is C14H19FN2O. The molecule has 0 heterocycles. The lowest BCUT2D eigenvalue weighted by Crippen LogP contribution is -2.24. The van der Waals surface area contributed by atoms with E-state index in [1.807, 2.05) is 6.07 Å². The van der Waals surface area contributed by atoms with Crippen LogP contribution < -0.4 is 5.32 Å². The maximum Gasteiger partial charge on any atom is 0.124 e. The van der Waals surface area contributed by atoms with Gasteiger partial charge in [0.15, 0.2) is 0 Å². The quantitative estimate of drug-likeness (QED) is 0.843.